The molecule has 1 saturated heterocycles. The molecule has 0 unspecified atom stereocenters. The Hall–Kier alpha value is -2.05. The van der Waals surface area contributed by atoms with Gasteiger partial charge in [-0.05, 0) is 36.1 Å². The van der Waals surface area contributed by atoms with Crippen LogP contribution >= 0.6 is 11.3 Å². The Kier molecular flexibility index (Phi) is 6.52. The van der Waals surface area contributed by atoms with Gasteiger partial charge in [-0.2, -0.15) is 0 Å². The summed E-state index contributed by atoms with van der Waals surface area (Å²) >= 11 is 1.72. The zero-order chi connectivity index (χ0) is 18.4. The summed E-state index contributed by atoms with van der Waals surface area (Å²) in [5.74, 6) is 1.97. The van der Waals surface area contributed by atoms with Gasteiger partial charge in [0.15, 0.2) is 0 Å². The minimum absolute atomic E-state index is 0.261. The fourth-order valence-corrected chi connectivity index (χ4v) is 3.95. The molecule has 5 nitrogen and oxygen atoms in total. The second kappa shape index (κ2) is 9.05. The summed E-state index contributed by atoms with van der Waals surface area (Å²) in [4.78, 5) is 18.1. The van der Waals surface area contributed by atoms with Gasteiger partial charge < -0.3 is 14.4 Å². The summed E-state index contributed by atoms with van der Waals surface area (Å²) < 4.78 is 10.8. The Balaban J connectivity index is 1.50. The van der Waals surface area contributed by atoms with Crippen LogP contribution in [0.4, 0.5) is 0 Å². The number of hydrogen-bond donors (Lipinski definition) is 0. The van der Waals surface area contributed by atoms with Crippen LogP contribution in [0.3, 0.4) is 0 Å². The van der Waals surface area contributed by atoms with E-state index >= 15 is 0 Å². The van der Waals surface area contributed by atoms with E-state index in [1.807, 2.05) is 29.2 Å². The van der Waals surface area contributed by atoms with Gasteiger partial charge in [0.05, 0.1) is 14.2 Å². The largest absolute Gasteiger partial charge is 0.497 e. The third kappa shape index (κ3) is 4.77. The number of methoxy groups -OCH3 is 2. The Morgan fingerprint density at radius 3 is 2.58 bits per heavy atom. The van der Waals surface area contributed by atoms with E-state index < -0.39 is 0 Å². The Labute approximate surface area is 159 Å². The number of rotatable bonds is 7. The second-order valence-electron chi connectivity index (χ2n) is 6.41. The van der Waals surface area contributed by atoms with Crippen molar-refractivity contribution in [2.45, 2.75) is 19.4 Å². The third-order valence-corrected chi connectivity index (χ3v) is 5.71. The van der Waals surface area contributed by atoms with Crippen molar-refractivity contribution in [2.24, 2.45) is 0 Å². The lowest BCUT2D eigenvalue weighted by molar-refractivity contribution is -0.132. The fourth-order valence-electron chi connectivity index (χ4n) is 3.24. The molecule has 0 radical (unpaired) electrons. The Morgan fingerprint density at radius 1 is 1.12 bits per heavy atom. The highest BCUT2D eigenvalue weighted by Gasteiger charge is 2.22. The van der Waals surface area contributed by atoms with Crippen molar-refractivity contribution in [1.29, 1.82) is 0 Å². The lowest BCUT2D eigenvalue weighted by Gasteiger charge is -2.35. The SMILES string of the molecule is COc1ccc(OC)c(CN2CCN(C(=O)CCc3cccs3)CC2)c1. The van der Waals surface area contributed by atoms with E-state index in [2.05, 4.69) is 16.3 Å². The molecule has 0 saturated carbocycles. The molecule has 0 bridgehead atoms. The molecule has 0 N–H and O–H groups in total. The molecule has 2 heterocycles. The number of carbonyl (C=O) groups is 1. The molecule has 0 spiro atoms. The number of hydrogen-bond acceptors (Lipinski definition) is 5. The zero-order valence-corrected chi connectivity index (χ0v) is 16.3. The molecular weight excluding hydrogens is 348 g/mol. The number of piperazine rings is 1. The summed E-state index contributed by atoms with van der Waals surface area (Å²) in [7, 11) is 3.36. The van der Waals surface area contributed by atoms with Crippen LogP contribution in [-0.2, 0) is 17.8 Å². The average molecular weight is 375 g/mol. The molecule has 1 fully saturated rings. The average Bonchev–Trinajstić information content (AvgIpc) is 3.20. The minimum atomic E-state index is 0.261. The first kappa shape index (κ1) is 18.7. The molecule has 2 aromatic rings. The monoisotopic (exact) mass is 374 g/mol. The van der Waals surface area contributed by atoms with Gasteiger partial charge in [-0.1, -0.05) is 6.07 Å². The Bertz CT molecular complexity index is 710. The molecule has 1 aromatic carbocycles. The van der Waals surface area contributed by atoms with Crippen molar-refractivity contribution in [3.63, 3.8) is 0 Å². The van der Waals surface area contributed by atoms with Crippen LogP contribution in [0.1, 0.15) is 16.9 Å². The summed E-state index contributed by atoms with van der Waals surface area (Å²) in [6, 6.07) is 10.0. The molecule has 1 aliphatic rings. The topological polar surface area (TPSA) is 42.0 Å². The molecule has 1 aromatic heterocycles. The number of nitrogens with zero attached hydrogens (tertiary/aromatic N) is 2. The third-order valence-electron chi connectivity index (χ3n) is 4.77. The number of amides is 1. The first-order chi connectivity index (χ1) is 12.7. The van der Waals surface area contributed by atoms with E-state index in [1.165, 1.54) is 4.88 Å². The fraction of sp³-hybridized carbons (Fsp3) is 0.450. The van der Waals surface area contributed by atoms with Crippen molar-refractivity contribution in [2.75, 3.05) is 40.4 Å². The number of aryl methyl sites for hydroxylation is 1. The van der Waals surface area contributed by atoms with Crippen LogP contribution in [-0.4, -0.2) is 56.1 Å². The molecular formula is C20H26N2O3S. The number of benzene rings is 1. The predicted octanol–water partition coefficient (Wildman–Crippen LogP) is 3.04. The maximum atomic E-state index is 12.4. The first-order valence-electron chi connectivity index (χ1n) is 8.93. The van der Waals surface area contributed by atoms with Gasteiger partial charge >= 0.3 is 0 Å². The Morgan fingerprint density at radius 2 is 1.92 bits per heavy atom. The smallest absolute Gasteiger partial charge is 0.223 e. The van der Waals surface area contributed by atoms with Crippen LogP contribution in [0, 0.1) is 0 Å². The summed E-state index contributed by atoms with van der Waals surface area (Å²) in [6.45, 7) is 4.14. The van der Waals surface area contributed by atoms with Crippen molar-refractivity contribution in [1.82, 2.24) is 9.80 Å². The van der Waals surface area contributed by atoms with E-state index in [0.717, 1.165) is 56.2 Å². The van der Waals surface area contributed by atoms with E-state index in [-0.39, 0.29) is 5.91 Å². The van der Waals surface area contributed by atoms with Crippen LogP contribution in [0.5, 0.6) is 11.5 Å². The lowest BCUT2D eigenvalue weighted by atomic mass is 10.1. The highest BCUT2D eigenvalue weighted by atomic mass is 32.1. The highest BCUT2D eigenvalue weighted by Crippen LogP contribution is 2.25. The second-order valence-corrected chi connectivity index (χ2v) is 7.45. The normalized spacial score (nSPS) is 15.1. The maximum Gasteiger partial charge on any atom is 0.223 e. The zero-order valence-electron chi connectivity index (χ0n) is 15.4. The summed E-state index contributed by atoms with van der Waals surface area (Å²) in [5.41, 5.74) is 1.12. The van der Waals surface area contributed by atoms with Crippen molar-refractivity contribution in [3.8, 4) is 11.5 Å². The lowest BCUT2D eigenvalue weighted by Crippen LogP contribution is -2.48. The molecule has 1 aliphatic heterocycles. The molecule has 0 aliphatic carbocycles. The van der Waals surface area contributed by atoms with E-state index in [0.29, 0.717) is 6.42 Å². The van der Waals surface area contributed by atoms with Gasteiger partial charge in [0.2, 0.25) is 5.91 Å². The van der Waals surface area contributed by atoms with Gasteiger partial charge in [-0.15, -0.1) is 11.3 Å². The van der Waals surface area contributed by atoms with Crippen molar-refractivity contribution in [3.05, 3.63) is 46.2 Å². The predicted molar refractivity (Wildman–Crippen MR) is 104 cm³/mol. The standard InChI is InChI=1S/C20H26N2O3S/c1-24-17-5-7-19(25-2)16(14-17)15-21-9-11-22(12-10-21)20(23)8-6-18-4-3-13-26-18/h3-5,7,13-14H,6,8-12,15H2,1-2H3. The van der Waals surface area contributed by atoms with Gasteiger partial charge in [-0.3, -0.25) is 9.69 Å². The van der Waals surface area contributed by atoms with Gasteiger partial charge in [0.25, 0.3) is 0 Å². The van der Waals surface area contributed by atoms with Crippen molar-refractivity contribution >= 4 is 17.2 Å². The van der Waals surface area contributed by atoms with Gasteiger partial charge in [0.1, 0.15) is 11.5 Å². The molecule has 26 heavy (non-hydrogen) atoms. The summed E-state index contributed by atoms with van der Waals surface area (Å²) in [6.07, 6.45) is 1.45. The van der Waals surface area contributed by atoms with Crippen LogP contribution in [0.2, 0.25) is 0 Å². The molecule has 6 heteroatoms. The molecule has 1 amide bonds. The maximum absolute atomic E-state index is 12.4. The van der Waals surface area contributed by atoms with Crippen LogP contribution < -0.4 is 9.47 Å². The van der Waals surface area contributed by atoms with Crippen LogP contribution in [0.15, 0.2) is 35.7 Å². The van der Waals surface area contributed by atoms with E-state index in [9.17, 15) is 4.79 Å². The molecule has 140 valence electrons. The van der Waals surface area contributed by atoms with Crippen LogP contribution in [0.25, 0.3) is 0 Å². The molecule has 3 rings (SSSR count). The van der Waals surface area contributed by atoms with E-state index in [4.69, 9.17) is 9.47 Å². The quantitative estimate of drug-likeness (QED) is 0.747. The first-order valence-corrected chi connectivity index (χ1v) is 9.81. The summed E-state index contributed by atoms with van der Waals surface area (Å²) in [5, 5.41) is 2.06. The molecule has 0 atom stereocenters. The van der Waals surface area contributed by atoms with Crippen molar-refractivity contribution < 1.29 is 14.3 Å². The highest BCUT2D eigenvalue weighted by molar-refractivity contribution is 7.09. The van der Waals surface area contributed by atoms with Gasteiger partial charge in [-0.25, -0.2) is 0 Å². The number of ether oxygens (including phenoxy) is 2. The number of carbonyl (C=O) groups excluding carboxylic acids is 1. The minimum Gasteiger partial charge on any atom is -0.497 e. The van der Waals surface area contributed by atoms with E-state index in [1.54, 1.807) is 25.6 Å². The van der Waals surface area contributed by atoms with Gasteiger partial charge in [0, 0.05) is 49.6 Å². The number of thiophene rings is 1.